The number of anilines is 1. The fraction of sp³-hybridized carbons (Fsp3) is 0.0952. The van der Waals surface area contributed by atoms with Crippen LogP contribution >= 0.6 is 0 Å². The van der Waals surface area contributed by atoms with Crippen molar-refractivity contribution in [2.45, 2.75) is 6.92 Å². The van der Waals surface area contributed by atoms with Crippen molar-refractivity contribution in [3.8, 4) is 0 Å². The van der Waals surface area contributed by atoms with E-state index in [0.717, 1.165) is 22.2 Å². The van der Waals surface area contributed by atoms with Gasteiger partial charge in [0, 0.05) is 17.2 Å². The zero-order chi connectivity index (χ0) is 18.5. The maximum atomic E-state index is 12.2. The zero-order valence-corrected chi connectivity index (χ0v) is 14.5. The first kappa shape index (κ1) is 17.4. The topological polar surface area (TPSA) is 68.3 Å². The Balaban J connectivity index is 1.74. The molecule has 1 amide bonds. The van der Waals surface area contributed by atoms with Crippen molar-refractivity contribution >= 4 is 34.5 Å². The van der Waals surface area contributed by atoms with E-state index < -0.39 is 5.97 Å². The lowest BCUT2D eigenvalue weighted by atomic mass is 10.1. The second-order valence-corrected chi connectivity index (χ2v) is 5.77. The van der Waals surface area contributed by atoms with Gasteiger partial charge in [-0.05, 0) is 42.8 Å². The highest BCUT2D eigenvalue weighted by atomic mass is 16.5. The zero-order valence-electron chi connectivity index (χ0n) is 14.5. The number of hydrogen-bond donors (Lipinski definition) is 1. The highest BCUT2D eigenvalue weighted by molar-refractivity contribution is 6.06. The molecule has 3 aromatic rings. The number of carbonyl (C=O) groups is 2. The number of esters is 1. The minimum atomic E-state index is -0.392. The molecule has 5 nitrogen and oxygen atoms in total. The van der Waals surface area contributed by atoms with Gasteiger partial charge in [-0.3, -0.25) is 9.78 Å². The molecule has 0 aliphatic rings. The molecule has 1 heterocycles. The molecule has 0 saturated heterocycles. The summed E-state index contributed by atoms with van der Waals surface area (Å²) in [7, 11) is 1.34. The van der Waals surface area contributed by atoms with Gasteiger partial charge in [-0.1, -0.05) is 30.3 Å². The van der Waals surface area contributed by atoms with Gasteiger partial charge in [0.2, 0.25) is 5.91 Å². The molecule has 5 heteroatoms. The third kappa shape index (κ3) is 3.95. The van der Waals surface area contributed by atoms with E-state index in [1.807, 2.05) is 37.3 Å². The van der Waals surface area contributed by atoms with Crippen molar-refractivity contribution in [3.05, 3.63) is 77.5 Å². The summed E-state index contributed by atoms with van der Waals surface area (Å²) < 4.78 is 4.66. The Labute approximate surface area is 151 Å². The van der Waals surface area contributed by atoms with E-state index in [1.165, 1.54) is 13.2 Å². The first-order valence-corrected chi connectivity index (χ1v) is 8.10. The van der Waals surface area contributed by atoms with Crippen LogP contribution in [0.1, 0.15) is 21.6 Å². The summed E-state index contributed by atoms with van der Waals surface area (Å²) in [6, 6.07) is 16.4. The number of aromatic nitrogens is 1. The van der Waals surface area contributed by atoms with Crippen LogP contribution in [0, 0.1) is 6.92 Å². The Bertz CT molecular complexity index is 992. The maximum absolute atomic E-state index is 12.2. The number of rotatable bonds is 4. The number of nitrogens with zero attached hydrogens (tertiary/aromatic N) is 1. The van der Waals surface area contributed by atoms with E-state index in [-0.39, 0.29) is 5.91 Å². The van der Waals surface area contributed by atoms with Crippen LogP contribution in [-0.4, -0.2) is 24.0 Å². The number of ether oxygens (including phenoxy) is 1. The van der Waals surface area contributed by atoms with Gasteiger partial charge >= 0.3 is 5.97 Å². The number of nitrogens with one attached hydrogen (secondary N) is 1. The largest absolute Gasteiger partial charge is 0.465 e. The summed E-state index contributed by atoms with van der Waals surface area (Å²) >= 11 is 0. The van der Waals surface area contributed by atoms with Crippen LogP contribution in [-0.2, 0) is 9.53 Å². The number of amides is 1. The van der Waals surface area contributed by atoms with Gasteiger partial charge < -0.3 is 10.1 Å². The molecule has 0 atom stereocenters. The molecule has 0 spiro atoms. The SMILES string of the molecule is COC(=O)c1ccc(C=CC(=O)Nc2cccc3ccc(C)nc23)cc1. The minimum absolute atomic E-state index is 0.252. The van der Waals surface area contributed by atoms with Gasteiger partial charge in [-0.15, -0.1) is 0 Å². The average molecular weight is 346 g/mol. The Morgan fingerprint density at radius 3 is 2.54 bits per heavy atom. The Kier molecular flexibility index (Phi) is 5.08. The summed E-state index contributed by atoms with van der Waals surface area (Å²) in [5, 5.41) is 3.83. The second kappa shape index (κ2) is 7.61. The van der Waals surface area contributed by atoms with E-state index in [2.05, 4.69) is 15.0 Å². The van der Waals surface area contributed by atoms with Gasteiger partial charge in [0.25, 0.3) is 0 Å². The lowest BCUT2D eigenvalue weighted by molar-refractivity contribution is -0.111. The molecule has 1 N–H and O–H groups in total. The molecule has 0 saturated carbocycles. The summed E-state index contributed by atoms with van der Waals surface area (Å²) in [5.41, 5.74) is 3.59. The van der Waals surface area contributed by atoms with Crippen LogP contribution in [0.4, 0.5) is 5.69 Å². The highest BCUT2D eigenvalue weighted by Crippen LogP contribution is 2.21. The Morgan fingerprint density at radius 1 is 1.04 bits per heavy atom. The molecule has 0 radical (unpaired) electrons. The number of carbonyl (C=O) groups excluding carboxylic acids is 2. The summed E-state index contributed by atoms with van der Waals surface area (Å²) in [6.45, 7) is 1.91. The summed E-state index contributed by atoms with van der Waals surface area (Å²) in [5.74, 6) is -0.644. The number of pyridine rings is 1. The molecule has 0 bridgehead atoms. The lowest BCUT2D eigenvalue weighted by Crippen LogP contribution is -2.08. The molecule has 0 aliphatic heterocycles. The van der Waals surface area contributed by atoms with Gasteiger partial charge in [0.1, 0.15) is 0 Å². The summed E-state index contributed by atoms with van der Waals surface area (Å²) in [6.07, 6.45) is 3.13. The third-order valence-electron chi connectivity index (χ3n) is 3.88. The average Bonchev–Trinajstić information content (AvgIpc) is 2.66. The van der Waals surface area contributed by atoms with E-state index in [4.69, 9.17) is 0 Å². The predicted octanol–water partition coefficient (Wildman–Crippen LogP) is 3.98. The van der Waals surface area contributed by atoms with Crippen molar-refractivity contribution in [1.82, 2.24) is 4.98 Å². The molecule has 3 rings (SSSR count). The van der Waals surface area contributed by atoms with Gasteiger partial charge in [-0.2, -0.15) is 0 Å². The van der Waals surface area contributed by atoms with Gasteiger partial charge in [-0.25, -0.2) is 4.79 Å². The summed E-state index contributed by atoms with van der Waals surface area (Å²) in [4.78, 5) is 28.1. The van der Waals surface area contributed by atoms with Crippen LogP contribution in [0.25, 0.3) is 17.0 Å². The standard InChI is InChI=1S/C21H18N2O3/c1-14-6-10-16-4-3-5-18(20(16)22-14)23-19(24)13-9-15-7-11-17(12-8-15)21(25)26-2/h3-13H,1-2H3,(H,23,24). The number of hydrogen-bond acceptors (Lipinski definition) is 4. The number of methoxy groups -OCH3 is 1. The molecule has 0 fully saturated rings. The molecular weight excluding hydrogens is 328 g/mol. The van der Waals surface area contributed by atoms with E-state index in [9.17, 15) is 9.59 Å². The maximum Gasteiger partial charge on any atom is 0.337 e. The number of fused-ring (bicyclic) bond motifs is 1. The van der Waals surface area contributed by atoms with E-state index in [0.29, 0.717) is 11.3 Å². The van der Waals surface area contributed by atoms with Crippen molar-refractivity contribution in [2.75, 3.05) is 12.4 Å². The fourth-order valence-corrected chi connectivity index (χ4v) is 2.54. The van der Waals surface area contributed by atoms with E-state index in [1.54, 1.807) is 30.3 Å². The quantitative estimate of drug-likeness (QED) is 0.573. The van der Waals surface area contributed by atoms with E-state index >= 15 is 0 Å². The minimum Gasteiger partial charge on any atom is -0.465 e. The van der Waals surface area contributed by atoms with Crippen LogP contribution in [0.3, 0.4) is 0 Å². The van der Waals surface area contributed by atoms with Gasteiger partial charge in [0.05, 0.1) is 23.9 Å². The third-order valence-corrected chi connectivity index (χ3v) is 3.88. The van der Waals surface area contributed by atoms with Crippen molar-refractivity contribution in [2.24, 2.45) is 0 Å². The number of benzene rings is 2. The molecule has 2 aromatic carbocycles. The molecular formula is C21H18N2O3. The smallest absolute Gasteiger partial charge is 0.337 e. The number of para-hydroxylation sites is 1. The van der Waals surface area contributed by atoms with Crippen LogP contribution in [0.5, 0.6) is 0 Å². The Hall–Kier alpha value is -3.47. The molecule has 1 aromatic heterocycles. The molecule has 0 aliphatic carbocycles. The van der Waals surface area contributed by atoms with Crippen LogP contribution in [0.2, 0.25) is 0 Å². The monoisotopic (exact) mass is 346 g/mol. The lowest BCUT2D eigenvalue weighted by Gasteiger charge is -2.07. The van der Waals surface area contributed by atoms with Gasteiger partial charge in [0.15, 0.2) is 0 Å². The second-order valence-electron chi connectivity index (χ2n) is 5.77. The van der Waals surface area contributed by atoms with Crippen LogP contribution < -0.4 is 5.32 Å². The van der Waals surface area contributed by atoms with Crippen molar-refractivity contribution in [3.63, 3.8) is 0 Å². The molecule has 0 unspecified atom stereocenters. The first-order chi connectivity index (χ1) is 12.6. The van der Waals surface area contributed by atoms with Crippen LogP contribution in [0.15, 0.2) is 60.7 Å². The molecule has 130 valence electrons. The van der Waals surface area contributed by atoms with Crippen molar-refractivity contribution < 1.29 is 14.3 Å². The Morgan fingerprint density at radius 2 is 1.81 bits per heavy atom. The highest BCUT2D eigenvalue weighted by Gasteiger charge is 2.06. The number of aryl methyl sites for hydroxylation is 1. The van der Waals surface area contributed by atoms with Crippen molar-refractivity contribution in [1.29, 1.82) is 0 Å². The first-order valence-electron chi connectivity index (χ1n) is 8.10. The predicted molar refractivity (Wildman–Crippen MR) is 102 cm³/mol. The fourth-order valence-electron chi connectivity index (χ4n) is 2.54. The molecule has 26 heavy (non-hydrogen) atoms. The normalized spacial score (nSPS) is 10.8.